The molecule has 0 aliphatic rings. The molecular weight excluding hydrogens is 412 g/mol. The number of hydrogen-bond donors (Lipinski definition) is 2. The summed E-state index contributed by atoms with van der Waals surface area (Å²) in [6.45, 7) is 0. The van der Waals surface area contributed by atoms with Gasteiger partial charge in [0.25, 0.3) is 0 Å². The fraction of sp³-hybridized carbons (Fsp3) is 0.286. The molecule has 0 fully saturated rings. The van der Waals surface area contributed by atoms with Crippen molar-refractivity contribution in [3.8, 4) is 16.3 Å². The number of rotatable bonds is 9. The minimum Gasteiger partial charge on any atom is -0.506 e. The number of aryl methyl sites for hydroxylation is 3. The topological polar surface area (TPSA) is 92.4 Å². The zero-order chi connectivity index (χ0) is 21.0. The van der Waals surface area contributed by atoms with Gasteiger partial charge in [-0.3, -0.25) is 4.79 Å². The number of Topliss-reactive ketones (excluding diaryl/α,β-unsaturated/α-hetero) is 1. The second-order valence-electron chi connectivity index (χ2n) is 6.86. The van der Waals surface area contributed by atoms with E-state index < -0.39 is 5.97 Å². The van der Waals surface area contributed by atoms with Gasteiger partial charge in [0.15, 0.2) is 0 Å². The molecule has 2 N–H and O–H groups in total. The number of nitrogens with zero attached hydrogens (tertiary/aromatic N) is 2. The smallest absolute Gasteiger partial charge is 0.337 e. The van der Waals surface area contributed by atoms with Gasteiger partial charge in [-0.05, 0) is 43.0 Å². The third-order valence-electron chi connectivity index (χ3n) is 4.57. The molecule has 0 bridgehead atoms. The van der Waals surface area contributed by atoms with Crippen LogP contribution >= 0.6 is 22.9 Å². The Bertz CT molecular complexity index is 1040. The monoisotopic (exact) mass is 432 g/mol. The van der Waals surface area contributed by atoms with Crippen LogP contribution in [0.1, 0.15) is 40.1 Å². The van der Waals surface area contributed by atoms with Crippen LogP contribution in [0.3, 0.4) is 0 Å². The highest BCUT2D eigenvalue weighted by Crippen LogP contribution is 2.32. The Morgan fingerprint density at radius 1 is 1.21 bits per heavy atom. The normalized spacial score (nSPS) is 11.0. The van der Waals surface area contributed by atoms with Crippen molar-refractivity contribution in [1.29, 1.82) is 0 Å². The van der Waals surface area contributed by atoms with Crippen molar-refractivity contribution in [2.45, 2.75) is 32.1 Å². The van der Waals surface area contributed by atoms with Crippen molar-refractivity contribution in [3.63, 3.8) is 0 Å². The molecule has 29 heavy (non-hydrogen) atoms. The zero-order valence-corrected chi connectivity index (χ0v) is 17.5. The number of phenolic OH excluding ortho intramolecular Hbond substituents is 1. The molecule has 0 unspecified atom stereocenters. The summed E-state index contributed by atoms with van der Waals surface area (Å²) < 4.78 is 1.73. The quantitative estimate of drug-likeness (QED) is 0.510. The average molecular weight is 433 g/mol. The van der Waals surface area contributed by atoms with Gasteiger partial charge in [0.2, 0.25) is 0 Å². The van der Waals surface area contributed by atoms with E-state index in [-0.39, 0.29) is 16.6 Å². The predicted octanol–water partition coefficient (Wildman–Crippen LogP) is 4.73. The van der Waals surface area contributed by atoms with E-state index in [0.717, 1.165) is 21.0 Å². The summed E-state index contributed by atoms with van der Waals surface area (Å²) in [6.07, 6.45) is 7.81. The molecule has 0 aliphatic carbocycles. The van der Waals surface area contributed by atoms with Crippen molar-refractivity contribution in [3.05, 3.63) is 57.8 Å². The molecule has 3 aromatic rings. The molecule has 0 saturated carbocycles. The lowest BCUT2D eigenvalue weighted by Crippen LogP contribution is -2.02. The molecule has 8 heteroatoms. The first-order valence-electron chi connectivity index (χ1n) is 9.17. The number of benzene rings is 1. The Hall–Kier alpha value is -2.64. The summed E-state index contributed by atoms with van der Waals surface area (Å²) in [6, 6.07) is 4.95. The number of carboxylic acid groups (broad SMARTS) is 1. The number of carbonyl (C=O) groups is 2. The molecule has 0 amide bonds. The molecule has 6 nitrogen and oxygen atoms in total. The minimum absolute atomic E-state index is 0.0313. The Kier molecular flexibility index (Phi) is 6.71. The van der Waals surface area contributed by atoms with E-state index in [1.54, 1.807) is 42.3 Å². The summed E-state index contributed by atoms with van der Waals surface area (Å²) in [7, 11) is 1.79. The van der Waals surface area contributed by atoms with Crippen LogP contribution in [0.2, 0.25) is 5.02 Å². The predicted molar refractivity (Wildman–Crippen MR) is 113 cm³/mol. The number of hydrogen-bond acceptors (Lipinski definition) is 5. The first kappa shape index (κ1) is 21.1. The lowest BCUT2D eigenvalue weighted by molar-refractivity contribution is -0.119. The SMILES string of the molecule is Cn1cc(CCCC(=O)CCc2cnc(-c3ccc(O)c(Cl)c3)s2)c(C(=O)O)c1. The maximum Gasteiger partial charge on any atom is 0.337 e. The zero-order valence-electron chi connectivity index (χ0n) is 15.9. The lowest BCUT2D eigenvalue weighted by atomic mass is 10.0. The fourth-order valence-corrected chi connectivity index (χ4v) is 4.18. The van der Waals surface area contributed by atoms with E-state index in [2.05, 4.69) is 4.98 Å². The highest BCUT2D eigenvalue weighted by Gasteiger charge is 2.13. The van der Waals surface area contributed by atoms with Gasteiger partial charge in [-0.2, -0.15) is 0 Å². The Balaban J connectivity index is 1.48. The van der Waals surface area contributed by atoms with E-state index in [4.69, 9.17) is 11.6 Å². The molecular formula is C21H21ClN2O4S. The van der Waals surface area contributed by atoms with Gasteiger partial charge in [0, 0.05) is 48.9 Å². The maximum absolute atomic E-state index is 12.2. The van der Waals surface area contributed by atoms with E-state index in [1.165, 1.54) is 17.4 Å². The molecule has 0 atom stereocenters. The van der Waals surface area contributed by atoms with E-state index >= 15 is 0 Å². The maximum atomic E-state index is 12.2. The van der Waals surface area contributed by atoms with Crippen molar-refractivity contribution < 1.29 is 19.8 Å². The van der Waals surface area contributed by atoms with Crippen molar-refractivity contribution in [2.24, 2.45) is 7.05 Å². The Morgan fingerprint density at radius 2 is 2.00 bits per heavy atom. The molecule has 0 spiro atoms. The van der Waals surface area contributed by atoms with E-state index in [0.29, 0.717) is 37.7 Å². The standard InChI is InChI=1S/C21H21ClN2O4S/c1-24-11-14(17(12-24)21(27)28)3-2-4-15(25)6-7-16-10-23-20(29-16)13-5-8-19(26)18(22)9-13/h5,8-12,26H,2-4,6-7H2,1H3,(H,27,28). The van der Waals surface area contributed by atoms with Crippen LogP contribution in [-0.4, -0.2) is 31.5 Å². The number of carboxylic acids is 1. The number of aromatic nitrogens is 2. The molecule has 1 aromatic carbocycles. The number of carbonyl (C=O) groups excluding carboxylic acids is 1. The van der Waals surface area contributed by atoms with Gasteiger partial charge in [-0.1, -0.05) is 11.6 Å². The summed E-state index contributed by atoms with van der Waals surface area (Å²) in [5.74, 6) is -0.757. The number of aromatic hydroxyl groups is 1. The number of aromatic carboxylic acids is 1. The summed E-state index contributed by atoms with van der Waals surface area (Å²) in [5, 5.41) is 19.8. The van der Waals surface area contributed by atoms with Crippen molar-refractivity contribution in [2.75, 3.05) is 0 Å². The fourth-order valence-electron chi connectivity index (χ4n) is 3.09. The van der Waals surface area contributed by atoms with E-state index in [1.807, 2.05) is 0 Å². The van der Waals surface area contributed by atoms with Crippen LogP contribution in [0, 0.1) is 0 Å². The third-order valence-corrected chi connectivity index (χ3v) is 5.98. The number of halogens is 1. The molecule has 2 heterocycles. The van der Waals surface area contributed by atoms with Gasteiger partial charge >= 0.3 is 5.97 Å². The van der Waals surface area contributed by atoms with Gasteiger partial charge in [0.05, 0.1) is 10.6 Å². The minimum atomic E-state index is -0.942. The number of thiazole rings is 1. The number of phenols is 1. The third kappa shape index (κ3) is 5.46. The summed E-state index contributed by atoms with van der Waals surface area (Å²) >= 11 is 7.44. The van der Waals surface area contributed by atoms with Crippen LogP contribution in [0.15, 0.2) is 36.8 Å². The highest BCUT2D eigenvalue weighted by molar-refractivity contribution is 7.15. The highest BCUT2D eigenvalue weighted by atomic mass is 35.5. The van der Waals surface area contributed by atoms with Crippen LogP contribution in [0.25, 0.3) is 10.6 Å². The van der Waals surface area contributed by atoms with E-state index in [9.17, 15) is 19.8 Å². The van der Waals surface area contributed by atoms with Gasteiger partial charge in [0.1, 0.15) is 16.5 Å². The number of ketones is 1. The molecule has 0 aliphatic heterocycles. The first-order valence-corrected chi connectivity index (χ1v) is 10.4. The van der Waals surface area contributed by atoms with Gasteiger partial charge < -0.3 is 14.8 Å². The molecule has 0 saturated heterocycles. The summed E-state index contributed by atoms with van der Waals surface area (Å²) in [5.41, 5.74) is 1.88. The lowest BCUT2D eigenvalue weighted by Gasteiger charge is -2.01. The average Bonchev–Trinajstić information content (AvgIpc) is 3.29. The largest absolute Gasteiger partial charge is 0.506 e. The Labute approximate surface area is 177 Å². The molecule has 0 radical (unpaired) electrons. The van der Waals surface area contributed by atoms with Gasteiger partial charge in [-0.15, -0.1) is 11.3 Å². The Morgan fingerprint density at radius 3 is 2.72 bits per heavy atom. The van der Waals surface area contributed by atoms with Crippen LogP contribution in [0.4, 0.5) is 0 Å². The van der Waals surface area contributed by atoms with Crippen LogP contribution < -0.4 is 0 Å². The van der Waals surface area contributed by atoms with Crippen LogP contribution in [0.5, 0.6) is 5.75 Å². The first-order chi connectivity index (χ1) is 13.8. The molecule has 3 rings (SSSR count). The second-order valence-corrected chi connectivity index (χ2v) is 8.38. The van der Waals surface area contributed by atoms with Crippen molar-refractivity contribution >= 4 is 34.7 Å². The molecule has 152 valence electrons. The van der Waals surface area contributed by atoms with Gasteiger partial charge in [-0.25, -0.2) is 9.78 Å². The summed E-state index contributed by atoms with van der Waals surface area (Å²) in [4.78, 5) is 28.8. The molecule has 2 aromatic heterocycles. The van der Waals surface area contributed by atoms with Crippen molar-refractivity contribution in [1.82, 2.24) is 9.55 Å². The van der Waals surface area contributed by atoms with Crippen LogP contribution in [-0.2, 0) is 24.7 Å². The second kappa shape index (κ2) is 9.24.